The van der Waals surface area contributed by atoms with E-state index in [0.717, 1.165) is 75.8 Å². The molecule has 2 N–H and O–H groups in total. The molecule has 0 saturated heterocycles. The fourth-order valence-electron chi connectivity index (χ4n) is 7.29. The van der Waals surface area contributed by atoms with Gasteiger partial charge in [0.25, 0.3) is 0 Å². The minimum Gasteiger partial charge on any atom is -0.411 e. The molecule has 0 bridgehead atoms. The fraction of sp³-hybridized carbons (Fsp3) is 0.870. The zero-order chi connectivity index (χ0) is 20.6. The Kier molecular flexibility index (Phi) is 5.75. The topological polar surface area (TPSA) is 83.3 Å². The molecule has 6 nitrogen and oxygen atoms in total. The van der Waals surface area contributed by atoms with Gasteiger partial charge >= 0.3 is 0 Å². The van der Waals surface area contributed by atoms with E-state index in [4.69, 9.17) is 4.84 Å². The van der Waals surface area contributed by atoms with Crippen molar-refractivity contribution in [3.05, 3.63) is 0 Å². The highest BCUT2D eigenvalue weighted by Gasteiger charge is 2.61. The van der Waals surface area contributed by atoms with Gasteiger partial charge in [-0.05, 0) is 88.1 Å². The van der Waals surface area contributed by atoms with Gasteiger partial charge in [-0.15, -0.1) is 0 Å². The normalized spacial score (nSPS) is 44.4. The van der Waals surface area contributed by atoms with Crippen LogP contribution in [0.5, 0.6) is 0 Å². The second kappa shape index (κ2) is 8.01. The van der Waals surface area contributed by atoms with Gasteiger partial charge in [-0.2, -0.15) is 0 Å². The highest BCUT2D eigenvalue weighted by molar-refractivity contribution is 5.96. The Morgan fingerprint density at radius 1 is 1.17 bits per heavy atom. The Hall–Kier alpha value is -1.43. The predicted molar refractivity (Wildman–Crippen MR) is 113 cm³/mol. The maximum Gasteiger partial charge on any atom is 0.139 e. The molecule has 4 saturated carbocycles. The van der Waals surface area contributed by atoms with Gasteiger partial charge in [0.2, 0.25) is 0 Å². The largest absolute Gasteiger partial charge is 0.411 e. The standard InChI is InChI=1S/C23H37N3O3/c1-22-9-7-15(26-29-12-4-11-24-3)13-19(22)20(25-28)14-16-17-5-6-21(27)23(17,2)10-8-18(16)22/h16-19,24,28H,4-14H2,1-3H3/b25-20+,26-15?/t16-,17-,18-,19?,22+,23-/m0/s1. The number of oxime groups is 2. The van der Waals surface area contributed by atoms with Crippen molar-refractivity contribution >= 4 is 17.2 Å². The summed E-state index contributed by atoms with van der Waals surface area (Å²) in [5, 5.41) is 21.2. The van der Waals surface area contributed by atoms with Crippen LogP contribution >= 0.6 is 0 Å². The van der Waals surface area contributed by atoms with Gasteiger partial charge in [-0.25, -0.2) is 0 Å². The molecule has 1 unspecified atom stereocenters. The predicted octanol–water partition coefficient (Wildman–Crippen LogP) is 4.02. The van der Waals surface area contributed by atoms with Crippen molar-refractivity contribution in [1.29, 1.82) is 0 Å². The van der Waals surface area contributed by atoms with Crippen molar-refractivity contribution in [3.8, 4) is 0 Å². The Labute approximate surface area is 174 Å². The van der Waals surface area contributed by atoms with E-state index in [1.165, 1.54) is 0 Å². The zero-order valence-corrected chi connectivity index (χ0v) is 18.2. The van der Waals surface area contributed by atoms with E-state index in [-0.39, 0.29) is 16.7 Å². The third kappa shape index (κ3) is 3.41. The third-order valence-corrected chi connectivity index (χ3v) is 9.01. The summed E-state index contributed by atoms with van der Waals surface area (Å²) in [6.07, 6.45) is 8.55. The van der Waals surface area contributed by atoms with Crippen LogP contribution in [0.4, 0.5) is 0 Å². The molecule has 4 rings (SSSR count). The first-order valence-corrected chi connectivity index (χ1v) is 11.5. The molecule has 0 aromatic heterocycles. The summed E-state index contributed by atoms with van der Waals surface area (Å²) >= 11 is 0. The van der Waals surface area contributed by atoms with Gasteiger partial charge in [0.05, 0.1) is 11.4 Å². The smallest absolute Gasteiger partial charge is 0.139 e. The number of carbonyl (C=O) groups excluding carboxylic acids is 1. The number of nitrogens with one attached hydrogen (secondary N) is 1. The van der Waals surface area contributed by atoms with Crippen LogP contribution in [-0.4, -0.2) is 42.6 Å². The van der Waals surface area contributed by atoms with Crippen LogP contribution in [0.2, 0.25) is 0 Å². The van der Waals surface area contributed by atoms with Crippen LogP contribution in [0.25, 0.3) is 0 Å². The highest BCUT2D eigenvalue weighted by Crippen LogP contribution is 2.64. The number of nitrogens with zero attached hydrogens (tertiary/aromatic N) is 2. The van der Waals surface area contributed by atoms with Crippen molar-refractivity contribution in [3.63, 3.8) is 0 Å². The highest BCUT2D eigenvalue weighted by atomic mass is 16.6. The van der Waals surface area contributed by atoms with Crippen LogP contribution in [-0.2, 0) is 9.63 Å². The number of hydrogen-bond donors (Lipinski definition) is 2. The Bertz CT molecular complexity index is 705. The SMILES string of the molecule is CNCCCON=C1CC[C@@]2(C)C(C1)/C(=N/O)C[C@@H]1[C@@H]2CC[C@]2(C)C(=O)CC[C@@H]12. The number of hydrogen-bond acceptors (Lipinski definition) is 6. The number of rotatable bonds is 5. The average molecular weight is 404 g/mol. The fourth-order valence-corrected chi connectivity index (χ4v) is 7.29. The molecule has 0 aromatic rings. The maximum atomic E-state index is 12.6. The second-order valence-corrected chi connectivity index (χ2v) is 10.3. The molecule has 6 atom stereocenters. The van der Waals surface area contributed by atoms with Crippen LogP contribution in [0.15, 0.2) is 10.3 Å². The lowest BCUT2D eigenvalue weighted by Gasteiger charge is -2.59. The molecule has 0 spiro atoms. The van der Waals surface area contributed by atoms with Gasteiger partial charge in [0.1, 0.15) is 12.4 Å². The Morgan fingerprint density at radius 2 is 2.00 bits per heavy atom. The van der Waals surface area contributed by atoms with Crippen LogP contribution in [0.1, 0.15) is 71.6 Å². The van der Waals surface area contributed by atoms with E-state index in [0.29, 0.717) is 30.1 Å². The van der Waals surface area contributed by atoms with E-state index < -0.39 is 0 Å². The van der Waals surface area contributed by atoms with Crippen molar-refractivity contribution in [2.75, 3.05) is 20.2 Å². The molecule has 0 aliphatic heterocycles. The van der Waals surface area contributed by atoms with Crippen LogP contribution in [0.3, 0.4) is 0 Å². The monoisotopic (exact) mass is 403 g/mol. The van der Waals surface area contributed by atoms with Crippen molar-refractivity contribution in [2.45, 2.75) is 71.6 Å². The summed E-state index contributed by atoms with van der Waals surface area (Å²) in [7, 11) is 1.94. The lowest BCUT2D eigenvalue weighted by Crippen LogP contribution is -2.56. The van der Waals surface area contributed by atoms with Gasteiger partial charge in [0.15, 0.2) is 0 Å². The average Bonchev–Trinajstić information content (AvgIpc) is 3.02. The molecular formula is C23H37N3O3. The molecule has 0 radical (unpaired) electrons. The first-order chi connectivity index (χ1) is 13.9. The molecule has 162 valence electrons. The minimum atomic E-state index is -0.145. The second-order valence-electron chi connectivity index (χ2n) is 10.3. The number of fused-ring (bicyclic) bond motifs is 5. The van der Waals surface area contributed by atoms with E-state index in [1.54, 1.807) is 0 Å². The minimum absolute atomic E-state index is 0.128. The van der Waals surface area contributed by atoms with Gasteiger partial charge < -0.3 is 15.4 Å². The molecule has 0 heterocycles. The third-order valence-electron chi connectivity index (χ3n) is 9.01. The summed E-state index contributed by atoms with van der Waals surface area (Å²) < 4.78 is 0. The van der Waals surface area contributed by atoms with Crippen molar-refractivity contribution in [1.82, 2.24) is 5.32 Å². The summed E-state index contributed by atoms with van der Waals surface area (Å²) in [5.74, 6) is 2.24. The van der Waals surface area contributed by atoms with E-state index in [2.05, 4.69) is 29.5 Å². The van der Waals surface area contributed by atoms with Crippen LogP contribution < -0.4 is 5.32 Å². The summed E-state index contributed by atoms with van der Waals surface area (Å²) in [5.41, 5.74) is 2.02. The van der Waals surface area contributed by atoms with E-state index >= 15 is 0 Å². The lowest BCUT2D eigenvalue weighted by atomic mass is 9.45. The quantitative estimate of drug-likeness (QED) is 0.413. The molecule has 6 heteroatoms. The van der Waals surface area contributed by atoms with Gasteiger partial charge in [0, 0.05) is 17.8 Å². The number of ketones is 1. The first-order valence-electron chi connectivity index (χ1n) is 11.5. The van der Waals surface area contributed by atoms with Gasteiger partial charge in [-0.1, -0.05) is 24.2 Å². The summed E-state index contributed by atoms with van der Waals surface area (Å²) in [6.45, 7) is 6.17. The van der Waals surface area contributed by atoms with Crippen molar-refractivity contribution < 1.29 is 14.8 Å². The molecule has 4 fully saturated rings. The van der Waals surface area contributed by atoms with E-state index in [1.807, 2.05) is 7.05 Å². The Morgan fingerprint density at radius 3 is 2.76 bits per heavy atom. The lowest BCUT2D eigenvalue weighted by molar-refractivity contribution is -0.133. The molecular weight excluding hydrogens is 366 g/mol. The molecule has 4 aliphatic rings. The van der Waals surface area contributed by atoms with Gasteiger partial charge in [-0.3, -0.25) is 4.79 Å². The number of Topliss-reactive ketones (excluding diaryl/α,β-unsaturated/α-hetero) is 1. The molecule has 0 aromatic carbocycles. The molecule has 0 amide bonds. The zero-order valence-electron chi connectivity index (χ0n) is 18.2. The van der Waals surface area contributed by atoms with Crippen LogP contribution in [0, 0.1) is 34.5 Å². The molecule has 29 heavy (non-hydrogen) atoms. The van der Waals surface area contributed by atoms with Crippen molar-refractivity contribution in [2.24, 2.45) is 44.8 Å². The summed E-state index contributed by atoms with van der Waals surface area (Å²) in [4.78, 5) is 18.2. The Balaban J connectivity index is 1.52. The number of carbonyl (C=O) groups is 1. The van der Waals surface area contributed by atoms with E-state index in [9.17, 15) is 10.0 Å². The summed E-state index contributed by atoms with van der Waals surface area (Å²) in [6, 6.07) is 0. The molecule has 4 aliphatic carbocycles. The maximum absolute atomic E-state index is 12.6. The first kappa shape index (κ1) is 20.8.